The zero-order valence-electron chi connectivity index (χ0n) is 15.5. The molecule has 8 nitrogen and oxygen atoms in total. The van der Waals surface area contributed by atoms with E-state index < -0.39 is 6.03 Å². The lowest BCUT2D eigenvalue weighted by Gasteiger charge is -2.09. The molecule has 0 radical (unpaired) electrons. The number of nitrogens with one attached hydrogen (secondary N) is 2. The molecule has 0 saturated heterocycles. The number of rotatable bonds is 4. The average molecular weight is 387 g/mol. The normalized spacial score (nSPS) is 10.5. The molecule has 0 saturated carbocycles. The first-order valence-electron chi connectivity index (χ1n) is 8.79. The number of urea groups is 1. The largest absolute Gasteiger partial charge is 0.481 e. The third-order valence-electron chi connectivity index (χ3n) is 4.24. The van der Waals surface area contributed by atoms with E-state index in [9.17, 15) is 9.59 Å². The number of anilines is 2. The van der Waals surface area contributed by atoms with E-state index in [1.165, 1.54) is 17.9 Å². The fourth-order valence-electron chi connectivity index (χ4n) is 2.87. The Morgan fingerprint density at radius 1 is 0.966 bits per heavy atom. The van der Waals surface area contributed by atoms with E-state index in [-0.39, 0.29) is 5.91 Å². The summed E-state index contributed by atoms with van der Waals surface area (Å²) in [4.78, 5) is 33.4. The number of carbonyl (C=O) groups excluding carboxylic acids is 2. The van der Waals surface area contributed by atoms with E-state index in [1.807, 2.05) is 18.2 Å². The Morgan fingerprint density at radius 3 is 2.62 bits per heavy atom. The number of carbonyl (C=O) groups is 2. The van der Waals surface area contributed by atoms with Gasteiger partial charge in [0.25, 0.3) is 5.91 Å². The van der Waals surface area contributed by atoms with Crippen LogP contribution in [0.15, 0.2) is 73.2 Å². The van der Waals surface area contributed by atoms with Gasteiger partial charge in [-0.3, -0.25) is 9.36 Å². The van der Waals surface area contributed by atoms with Gasteiger partial charge in [0.05, 0.1) is 19.0 Å². The van der Waals surface area contributed by atoms with Crippen molar-refractivity contribution in [3.8, 4) is 5.88 Å². The van der Waals surface area contributed by atoms with Gasteiger partial charge in [-0.05, 0) is 42.5 Å². The molecule has 0 spiro atoms. The minimum absolute atomic E-state index is 0.234. The number of methoxy groups -OCH3 is 1. The van der Waals surface area contributed by atoms with Crippen LogP contribution in [0.4, 0.5) is 16.2 Å². The van der Waals surface area contributed by atoms with Gasteiger partial charge in [-0.15, -0.1) is 0 Å². The molecule has 0 fully saturated rings. The first kappa shape index (κ1) is 18.2. The summed E-state index contributed by atoms with van der Waals surface area (Å²) in [5, 5.41) is 6.26. The molecule has 3 heterocycles. The number of ether oxygens (including phenoxy) is 1. The van der Waals surface area contributed by atoms with Crippen molar-refractivity contribution in [3.63, 3.8) is 0 Å². The van der Waals surface area contributed by atoms with Crippen LogP contribution in [0, 0.1) is 0 Å². The van der Waals surface area contributed by atoms with Crippen LogP contribution in [0.1, 0.15) is 10.4 Å². The van der Waals surface area contributed by atoms with E-state index in [2.05, 4.69) is 20.6 Å². The van der Waals surface area contributed by atoms with Crippen molar-refractivity contribution in [3.05, 3.63) is 78.8 Å². The molecule has 3 aromatic heterocycles. The van der Waals surface area contributed by atoms with Crippen molar-refractivity contribution in [2.45, 2.75) is 0 Å². The molecule has 0 aliphatic rings. The lowest BCUT2D eigenvalue weighted by Crippen LogP contribution is -2.20. The summed E-state index contributed by atoms with van der Waals surface area (Å²) in [6.45, 7) is 0. The number of hydrogen-bond donors (Lipinski definition) is 2. The summed E-state index contributed by atoms with van der Waals surface area (Å²) in [7, 11) is 1.52. The Morgan fingerprint density at radius 2 is 1.83 bits per heavy atom. The van der Waals surface area contributed by atoms with Gasteiger partial charge in [0.15, 0.2) is 0 Å². The Hall–Kier alpha value is -4.20. The molecule has 2 N–H and O–H groups in total. The van der Waals surface area contributed by atoms with Gasteiger partial charge in [-0.1, -0.05) is 6.07 Å². The number of amides is 2. The summed E-state index contributed by atoms with van der Waals surface area (Å²) in [5.74, 6) is 0.219. The molecule has 4 aromatic rings. The smallest absolute Gasteiger partial charge is 0.323 e. The monoisotopic (exact) mass is 387 g/mol. The Balaban J connectivity index is 1.49. The van der Waals surface area contributed by atoms with Gasteiger partial charge in [-0.25, -0.2) is 14.8 Å². The van der Waals surface area contributed by atoms with E-state index in [4.69, 9.17) is 4.74 Å². The maximum absolute atomic E-state index is 12.9. The van der Waals surface area contributed by atoms with Crippen LogP contribution in [0.5, 0.6) is 5.88 Å². The third kappa shape index (κ3) is 3.91. The molecule has 0 atom stereocenters. The molecular formula is C21H17N5O3. The van der Waals surface area contributed by atoms with Crippen molar-refractivity contribution in [2.24, 2.45) is 0 Å². The van der Waals surface area contributed by atoms with Crippen LogP contribution in [0.2, 0.25) is 0 Å². The van der Waals surface area contributed by atoms with Gasteiger partial charge < -0.3 is 15.4 Å². The molecule has 0 aliphatic heterocycles. The molecule has 8 heteroatoms. The SMILES string of the molecule is COc1ccc(NC(=O)Nc2cccc(C(=O)n3ccc4cccnc43)c2)cn1. The lowest BCUT2D eigenvalue weighted by atomic mass is 10.2. The van der Waals surface area contributed by atoms with E-state index in [0.717, 1.165) is 5.39 Å². The van der Waals surface area contributed by atoms with Crippen LogP contribution < -0.4 is 15.4 Å². The molecule has 4 rings (SSSR count). The van der Waals surface area contributed by atoms with Gasteiger partial charge in [-0.2, -0.15) is 0 Å². The van der Waals surface area contributed by atoms with Gasteiger partial charge in [0.1, 0.15) is 5.65 Å². The fourth-order valence-corrected chi connectivity index (χ4v) is 2.87. The highest BCUT2D eigenvalue weighted by molar-refractivity contribution is 6.03. The Kier molecular flexibility index (Phi) is 4.90. The molecule has 0 aliphatic carbocycles. The van der Waals surface area contributed by atoms with Gasteiger partial charge >= 0.3 is 6.03 Å². The van der Waals surface area contributed by atoms with Gasteiger partial charge in [0.2, 0.25) is 5.88 Å². The predicted molar refractivity (Wildman–Crippen MR) is 109 cm³/mol. The Bertz CT molecular complexity index is 1180. The number of aromatic nitrogens is 3. The van der Waals surface area contributed by atoms with Crippen molar-refractivity contribution >= 4 is 34.3 Å². The van der Waals surface area contributed by atoms with E-state index in [0.29, 0.717) is 28.5 Å². The summed E-state index contributed by atoms with van der Waals surface area (Å²) < 4.78 is 6.47. The molecule has 29 heavy (non-hydrogen) atoms. The summed E-state index contributed by atoms with van der Waals surface area (Å²) in [6.07, 6.45) is 4.81. The minimum atomic E-state index is -0.449. The lowest BCUT2D eigenvalue weighted by molar-refractivity contribution is 0.0964. The fraction of sp³-hybridized carbons (Fsp3) is 0.0476. The topological polar surface area (TPSA) is 98.1 Å². The second-order valence-corrected chi connectivity index (χ2v) is 6.16. The molecule has 1 aromatic carbocycles. The molecule has 0 bridgehead atoms. The molecule has 2 amide bonds. The average Bonchev–Trinajstić information content (AvgIpc) is 3.18. The van der Waals surface area contributed by atoms with Gasteiger partial charge in [0, 0.05) is 35.1 Å². The third-order valence-corrected chi connectivity index (χ3v) is 4.24. The molecule has 144 valence electrons. The standard InChI is InChI=1S/C21H17N5O3/c1-29-18-8-7-17(13-23-18)25-21(28)24-16-6-2-4-15(12-16)20(27)26-11-9-14-5-3-10-22-19(14)26/h2-13H,1H3,(H2,24,25,28). The minimum Gasteiger partial charge on any atom is -0.481 e. The van der Waals surface area contributed by atoms with Crippen LogP contribution >= 0.6 is 0 Å². The second-order valence-electron chi connectivity index (χ2n) is 6.16. The van der Waals surface area contributed by atoms with Crippen LogP contribution in [-0.2, 0) is 0 Å². The maximum Gasteiger partial charge on any atom is 0.323 e. The number of pyridine rings is 2. The molecule has 0 unspecified atom stereocenters. The zero-order valence-corrected chi connectivity index (χ0v) is 15.5. The van der Waals surface area contributed by atoms with Crippen molar-refractivity contribution in [1.82, 2.24) is 14.5 Å². The first-order valence-corrected chi connectivity index (χ1v) is 8.79. The number of benzene rings is 1. The summed E-state index contributed by atoms with van der Waals surface area (Å²) in [6, 6.07) is 15.1. The quantitative estimate of drug-likeness (QED) is 0.555. The van der Waals surface area contributed by atoms with Crippen molar-refractivity contribution < 1.29 is 14.3 Å². The van der Waals surface area contributed by atoms with Crippen molar-refractivity contribution in [1.29, 1.82) is 0 Å². The summed E-state index contributed by atoms with van der Waals surface area (Å²) in [5.41, 5.74) is 2.01. The van der Waals surface area contributed by atoms with Crippen molar-refractivity contribution in [2.75, 3.05) is 17.7 Å². The zero-order chi connectivity index (χ0) is 20.2. The van der Waals surface area contributed by atoms with E-state index >= 15 is 0 Å². The second kappa shape index (κ2) is 7.81. The predicted octanol–water partition coefficient (Wildman–Crippen LogP) is 3.77. The highest BCUT2D eigenvalue weighted by atomic mass is 16.5. The first-order chi connectivity index (χ1) is 14.1. The highest BCUT2D eigenvalue weighted by Crippen LogP contribution is 2.17. The molecular weight excluding hydrogens is 370 g/mol. The number of hydrogen-bond acceptors (Lipinski definition) is 5. The maximum atomic E-state index is 12.9. The highest BCUT2D eigenvalue weighted by Gasteiger charge is 2.13. The number of nitrogens with zero attached hydrogens (tertiary/aromatic N) is 3. The van der Waals surface area contributed by atoms with E-state index in [1.54, 1.807) is 48.8 Å². The Labute approximate surface area is 166 Å². The van der Waals surface area contributed by atoms with Crippen LogP contribution in [0.3, 0.4) is 0 Å². The number of fused-ring (bicyclic) bond motifs is 1. The van der Waals surface area contributed by atoms with Crippen LogP contribution in [-0.4, -0.2) is 33.6 Å². The summed E-state index contributed by atoms with van der Waals surface area (Å²) >= 11 is 0. The van der Waals surface area contributed by atoms with Crippen LogP contribution in [0.25, 0.3) is 11.0 Å².